The summed E-state index contributed by atoms with van der Waals surface area (Å²) in [4.78, 5) is 13.8. The number of carbonyl (C=O) groups excluding carboxylic acids is 1. The van der Waals surface area contributed by atoms with Gasteiger partial charge in [0.1, 0.15) is 12.4 Å². The number of benzene rings is 3. The molecule has 9 nitrogen and oxygen atoms in total. The molecule has 0 spiro atoms. The lowest BCUT2D eigenvalue weighted by atomic mass is 9.99. The molecule has 4 N–H and O–H groups in total. The summed E-state index contributed by atoms with van der Waals surface area (Å²) in [6, 6.07) is 21.4. The number of hydrogen-bond donors (Lipinski definition) is 4. The zero-order valence-electron chi connectivity index (χ0n) is 22.5. The van der Waals surface area contributed by atoms with Gasteiger partial charge in [0.2, 0.25) is 0 Å². The van der Waals surface area contributed by atoms with Gasteiger partial charge in [-0.25, -0.2) is 4.79 Å². The summed E-state index contributed by atoms with van der Waals surface area (Å²) in [6.07, 6.45) is -0.381. The molecule has 4 rings (SSSR count). The maximum Gasteiger partial charge on any atom is 0.411 e. The van der Waals surface area contributed by atoms with Crippen molar-refractivity contribution in [2.24, 2.45) is 0 Å². The van der Waals surface area contributed by atoms with Gasteiger partial charge in [-0.15, -0.1) is 0 Å². The van der Waals surface area contributed by atoms with Crippen LogP contribution in [-0.2, 0) is 20.8 Å². The molecular weight excluding hydrogens is 512 g/mol. The predicted molar refractivity (Wildman–Crippen MR) is 151 cm³/mol. The first-order valence-electron chi connectivity index (χ1n) is 13.2. The molecule has 4 unspecified atom stereocenters. The van der Waals surface area contributed by atoms with Gasteiger partial charge in [-0.1, -0.05) is 61.2 Å². The van der Waals surface area contributed by atoms with Crippen LogP contribution in [0.1, 0.15) is 47.2 Å². The number of likely N-dealkylation sites (N-methyl/N-ethyl adjacent to an activating group) is 1. The Labute approximate surface area is 234 Å². The molecule has 3 aromatic rings. The Kier molecular flexibility index (Phi) is 10.3. The number of phenolic OH excluding ortho intramolecular Hbond substituents is 1. The van der Waals surface area contributed by atoms with Crippen LogP contribution in [-0.4, -0.2) is 59.2 Å². The van der Waals surface area contributed by atoms with Gasteiger partial charge >= 0.3 is 6.09 Å². The van der Waals surface area contributed by atoms with Crippen LogP contribution in [0.25, 0.3) is 0 Å². The van der Waals surface area contributed by atoms with Crippen LogP contribution in [0.5, 0.6) is 5.75 Å². The lowest BCUT2D eigenvalue weighted by Crippen LogP contribution is -2.39. The Balaban J connectivity index is 1.46. The molecule has 0 bridgehead atoms. The molecule has 40 heavy (non-hydrogen) atoms. The Bertz CT molecular complexity index is 1250. The van der Waals surface area contributed by atoms with Crippen LogP contribution in [0.2, 0.25) is 0 Å². The number of anilines is 1. The van der Waals surface area contributed by atoms with Gasteiger partial charge in [0, 0.05) is 30.8 Å². The van der Waals surface area contributed by atoms with Crippen molar-refractivity contribution in [2.45, 2.75) is 37.6 Å². The third-order valence-electron chi connectivity index (χ3n) is 6.63. The molecule has 4 atom stereocenters. The van der Waals surface area contributed by atoms with Gasteiger partial charge in [-0.2, -0.15) is 0 Å². The van der Waals surface area contributed by atoms with Gasteiger partial charge < -0.3 is 34.4 Å². The summed E-state index contributed by atoms with van der Waals surface area (Å²) in [5.74, 6) is 0.111. The van der Waals surface area contributed by atoms with Crippen molar-refractivity contribution in [3.05, 3.63) is 108 Å². The van der Waals surface area contributed by atoms with Crippen LogP contribution in [0.15, 0.2) is 85.5 Å². The van der Waals surface area contributed by atoms with Crippen LogP contribution < -0.4 is 5.32 Å². The number of rotatable bonds is 11. The normalized spacial score (nSPS) is 19.6. The van der Waals surface area contributed by atoms with Crippen molar-refractivity contribution in [3.8, 4) is 5.75 Å². The van der Waals surface area contributed by atoms with Crippen molar-refractivity contribution in [2.75, 3.05) is 32.1 Å². The van der Waals surface area contributed by atoms with Gasteiger partial charge in [0.25, 0.3) is 0 Å². The van der Waals surface area contributed by atoms with Gasteiger partial charge in [-0.05, 0) is 48.0 Å². The summed E-state index contributed by atoms with van der Waals surface area (Å²) in [6.45, 7) is 4.50. The minimum Gasteiger partial charge on any atom is -0.508 e. The standard InChI is InChI=1S/C31H36N2O7/c1-3-15-38-31(37)32-25-13-11-23(12-14-25)30-39-27(17-29(40-30)22-9-7-21(20-34)8-10-22)18-33(2)19-28(36)24-5-4-6-26(35)16-24/h3-14,16,27-30,34-36H,1,15,17-20H2,2H3,(H,32,37). The van der Waals surface area contributed by atoms with Crippen LogP contribution in [0.4, 0.5) is 10.5 Å². The van der Waals surface area contributed by atoms with E-state index in [2.05, 4.69) is 11.9 Å². The third-order valence-corrected chi connectivity index (χ3v) is 6.63. The Morgan fingerprint density at radius 3 is 2.52 bits per heavy atom. The van der Waals surface area contributed by atoms with Crippen LogP contribution >= 0.6 is 0 Å². The molecule has 0 radical (unpaired) electrons. The number of hydrogen-bond acceptors (Lipinski definition) is 8. The molecule has 0 saturated carbocycles. The summed E-state index contributed by atoms with van der Waals surface area (Å²) in [7, 11) is 1.91. The Hall–Kier alpha value is -3.73. The SMILES string of the molecule is C=CCOC(=O)Nc1ccc(C2OC(CN(C)CC(O)c3cccc(O)c3)CC(c3ccc(CO)cc3)O2)cc1. The fraction of sp³-hybridized carbons (Fsp3) is 0.323. The lowest BCUT2D eigenvalue weighted by molar-refractivity contribution is -0.252. The Morgan fingerprint density at radius 2 is 1.85 bits per heavy atom. The van der Waals surface area contributed by atoms with Crippen molar-refractivity contribution < 1.29 is 34.3 Å². The van der Waals surface area contributed by atoms with Crippen molar-refractivity contribution in [3.63, 3.8) is 0 Å². The molecule has 1 amide bonds. The van der Waals surface area contributed by atoms with E-state index < -0.39 is 18.5 Å². The highest BCUT2D eigenvalue weighted by molar-refractivity contribution is 5.84. The minimum absolute atomic E-state index is 0.0337. The molecule has 9 heteroatoms. The first kappa shape index (κ1) is 29.3. The van der Waals surface area contributed by atoms with E-state index in [4.69, 9.17) is 14.2 Å². The van der Waals surface area contributed by atoms with E-state index in [0.29, 0.717) is 30.8 Å². The fourth-order valence-electron chi connectivity index (χ4n) is 4.60. The highest BCUT2D eigenvalue weighted by Gasteiger charge is 2.33. The van der Waals surface area contributed by atoms with E-state index in [9.17, 15) is 20.1 Å². The predicted octanol–water partition coefficient (Wildman–Crippen LogP) is 4.83. The molecule has 1 heterocycles. The zero-order chi connectivity index (χ0) is 28.5. The minimum atomic E-state index is -0.771. The maximum atomic E-state index is 11.9. The molecule has 0 aliphatic carbocycles. The number of aliphatic hydroxyl groups excluding tert-OH is 2. The number of aromatic hydroxyl groups is 1. The molecule has 0 aromatic heterocycles. The van der Waals surface area contributed by atoms with E-state index in [1.165, 1.54) is 6.08 Å². The van der Waals surface area contributed by atoms with Crippen LogP contribution in [0.3, 0.4) is 0 Å². The molecule has 1 fully saturated rings. The van der Waals surface area contributed by atoms with Crippen molar-refractivity contribution >= 4 is 11.8 Å². The fourth-order valence-corrected chi connectivity index (χ4v) is 4.60. The summed E-state index contributed by atoms with van der Waals surface area (Å²) in [5.41, 5.74) is 3.79. The van der Waals surface area contributed by atoms with E-state index in [1.807, 2.05) is 48.3 Å². The molecular formula is C31H36N2O7. The summed E-state index contributed by atoms with van der Waals surface area (Å²) < 4.78 is 17.7. The van der Waals surface area contributed by atoms with E-state index >= 15 is 0 Å². The highest BCUT2D eigenvalue weighted by Crippen LogP contribution is 2.38. The van der Waals surface area contributed by atoms with Crippen molar-refractivity contribution in [1.82, 2.24) is 4.90 Å². The molecule has 1 saturated heterocycles. The number of phenols is 1. The van der Waals surface area contributed by atoms with E-state index in [0.717, 1.165) is 16.7 Å². The maximum absolute atomic E-state index is 11.9. The van der Waals surface area contributed by atoms with Gasteiger partial charge in [-0.3, -0.25) is 5.32 Å². The number of ether oxygens (including phenoxy) is 3. The quantitative estimate of drug-likeness (QED) is 0.252. The first-order valence-corrected chi connectivity index (χ1v) is 13.2. The topological polar surface area (TPSA) is 121 Å². The zero-order valence-corrected chi connectivity index (χ0v) is 22.5. The second-order valence-electron chi connectivity index (χ2n) is 9.82. The highest BCUT2D eigenvalue weighted by atomic mass is 16.7. The number of amides is 1. The van der Waals surface area contributed by atoms with E-state index in [-0.39, 0.29) is 31.2 Å². The summed E-state index contributed by atoms with van der Waals surface area (Å²) >= 11 is 0. The van der Waals surface area contributed by atoms with E-state index in [1.54, 1.807) is 36.4 Å². The van der Waals surface area contributed by atoms with Gasteiger partial charge in [0.15, 0.2) is 6.29 Å². The number of nitrogens with one attached hydrogen (secondary N) is 1. The monoisotopic (exact) mass is 548 g/mol. The molecule has 3 aromatic carbocycles. The summed E-state index contributed by atoms with van der Waals surface area (Å²) in [5, 5.41) is 32.6. The molecule has 1 aliphatic heterocycles. The third kappa shape index (κ3) is 8.14. The average molecular weight is 549 g/mol. The van der Waals surface area contributed by atoms with Crippen LogP contribution in [0, 0.1) is 0 Å². The second kappa shape index (κ2) is 14.1. The number of carbonyl (C=O) groups is 1. The van der Waals surface area contributed by atoms with Crippen molar-refractivity contribution in [1.29, 1.82) is 0 Å². The van der Waals surface area contributed by atoms with Gasteiger partial charge in [0.05, 0.1) is 24.9 Å². The lowest BCUT2D eigenvalue weighted by Gasteiger charge is -2.38. The molecule has 1 aliphatic rings. The largest absolute Gasteiger partial charge is 0.508 e. The first-order chi connectivity index (χ1) is 19.3. The Morgan fingerprint density at radius 1 is 1.12 bits per heavy atom. The average Bonchev–Trinajstić information content (AvgIpc) is 2.96. The second-order valence-corrected chi connectivity index (χ2v) is 9.82. The number of aliphatic hydroxyl groups is 2. The molecule has 212 valence electrons. The smallest absolute Gasteiger partial charge is 0.411 e. The number of nitrogens with zero attached hydrogens (tertiary/aromatic N) is 1.